The van der Waals surface area contributed by atoms with Gasteiger partial charge in [0.1, 0.15) is 0 Å². The normalized spacial score (nSPS) is 13.9. The van der Waals surface area contributed by atoms with Gasteiger partial charge in [-0.2, -0.15) is 0 Å². The Morgan fingerprint density at radius 2 is 1.82 bits per heavy atom. The summed E-state index contributed by atoms with van der Waals surface area (Å²) < 4.78 is 5.59. The molecule has 0 N–H and O–H groups in total. The van der Waals surface area contributed by atoms with E-state index in [1.165, 1.54) is 0 Å². The number of hydrogen-bond acceptors (Lipinski definition) is 3. The van der Waals surface area contributed by atoms with Gasteiger partial charge in [0.15, 0.2) is 0 Å². The maximum absolute atomic E-state index is 12.3. The molecule has 0 aliphatic heterocycles. The molecular formula is C19H31NO2. The summed E-state index contributed by atoms with van der Waals surface area (Å²) in [6, 6.07) is 8.26. The van der Waals surface area contributed by atoms with Crippen LogP contribution in [0.1, 0.15) is 56.0 Å². The summed E-state index contributed by atoms with van der Waals surface area (Å²) in [7, 11) is 4.23. The summed E-state index contributed by atoms with van der Waals surface area (Å²) >= 11 is 0. The second-order valence-electron chi connectivity index (χ2n) is 6.14. The number of aryl methyl sites for hydroxylation is 1. The Kier molecular flexibility index (Phi) is 8.18. The Balaban J connectivity index is 2.60. The highest BCUT2D eigenvalue weighted by Gasteiger charge is 2.18. The number of nitrogens with zero attached hydrogens (tertiary/aromatic N) is 1. The predicted molar refractivity (Wildman–Crippen MR) is 92.3 cm³/mol. The van der Waals surface area contributed by atoms with Gasteiger partial charge in [0, 0.05) is 6.04 Å². The monoisotopic (exact) mass is 305 g/mol. The Morgan fingerprint density at radius 3 is 2.36 bits per heavy atom. The Bertz CT molecular complexity index is 457. The van der Waals surface area contributed by atoms with Gasteiger partial charge in [-0.3, -0.25) is 0 Å². The molecule has 0 aliphatic carbocycles. The highest BCUT2D eigenvalue weighted by molar-refractivity contribution is 5.91. The first-order valence-electron chi connectivity index (χ1n) is 8.44. The molecule has 3 heteroatoms. The van der Waals surface area contributed by atoms with Crippen LogP contribution in [0.25, 0.3) is 0 Å². The molecule has 3 nitrogen and oxygen atoms in total. The van der Waals surface area contributed by atoms with Crippen molar-refractivity contribution in [2.45, 2.75) is 52.5 Å². The lowest BCUT2D eigenvalue weighted by Crippen LogP contribution is -2.31. The van der Waals surface area contributed by atoms with Crippen LogP contribution < -0.4 is 0 Å². The molecule has 2 atom stereocenters. The molecule has 22 heavy (non-hydrogen) atoms. The lowest BCUT2D eigenvalue weighted by molar-refractivity contribution is 0.0407. The van der Waals surface area contributed by atoms with Crippen molar-refractivity contribution in [1.29, 1.82) is 0 Å². The van der Waals surface area contributed by atoms with Crippen molar-refractivity contribution in [2.75, 3.05) is 20.7 Å². The van der Waals surface area contributed by atoms with Crippen LogP contribution in [-0.2, 0) is 11.2 Å². The molecule has 0 saturated carbocycles. The summed E-state index contributed by atoms with van der Waals surface area (Å²) in [5.41, 5.74) is 1.76. The first-order chi connectivity index (χ1) is 10.5. The zero-order valence-corrected chi connectivity index (χ0v) is 14.8. The molecule has 0 bridgehead atoms. The van der Waals surface area contributed by atoms with E-state index in [-0.39, 0.29) is 5.97 Å². The standard InChI is InChI=1S/C19H31NO2/c1-6-15(13-17(8-3)20(4)5)14-22-19(21)18-12-10-9-11-16(18)7-2/h9-12,15,17H,6-8,13-14H2,1-5H3. The maximum Gasteiger partial charge on any atom is 0.338 e. The van der Waals surface area contributed by atoms with Gasteiger partial charge >= 0.3 is 5.97 Å². The van der Waals surface area contributed by atoms with Gasteiger partial charge in [-0.15, -0.1) is 0 Å². The molecule has 0 radical (unpaired) electrons. The zero-order valence-electron chi connectivity index (χ0n) is 14.8. The van der Waals surface area contributed by atoms with Crippen LogP contribution in [0.3, 0.4) is 0 Å². The number of hydrogen-bond donors (Lipinski definition) is 0. The summed E-state index contributed by atoms with van der Waals surface area (Å²) in [5.74, 6) is 0.235. The van der Waals surface area contributed by atoms with E-state index in [9.17, 15) is 4.79 Å². The number of ether oxygens (including phenoxy) is 1. The molecule has 124 valence electrons. The third kappa shape index (κ3) is 5.45. The van der Waals surface area contributed by atoms with E-state index < -0.39 is 0 Å². The number of benzene rings is 1. The number of esters is 1. The Hall–Kier alpha value is -1.35. The first kappa shape index (κ1) is 18.7. The minimum atomic E-state index is -0.186. The van der Waals surface area contributed by atoms with Crippen LogP contribution in [0.5, 0.6) is 0 Å². The maximum atomic E-state index is 12.3. The Morgan fingerprint density at radius 1 is 1.14 bits per heavy atom. The van der Waals surface area contributed by atoms with Crippen LogP contribution in [-0.4, -0.2) is 37.6 Å². The van der Waals surface area contributed by atoms with Crippen LogP contribution in [0, 0.1) is 5.92 Å². The quantitative estimate of drug-likeness (QED) is 0.642. The van der Waals surface area contributed by atoms with Gasteiger partial charge in [0.05, 0.1) is 12.2 Å². The first-order valence-corrected chi connectivity index (χ1v) is 8.44. The Labute approximate surface area is 135 Å². The average molecular weight is 305 g/mol. The average Bonchev–Trinajstić information content (AvgIpc) is 2.54. The third-order valence-electron chi connectivity index (χ3n) is 4.45. The van der Waals surface area contributed by atoms with Crippen molar-refractivity contribution in [3.05, 3.63) is 35.4 Å². The molecule has 1 aromatic rings. The molecule has 1 rings (SSSR count). The van der Waals surface area contributed by atoms with Crippen molar-refractivity contribution in [1.82, 2.24) is 4.90 Å². The van der Waals surface area contributed by atoms with Gasteiger partial charge in [-0.25, -0.2) is 4.79 Å². The van der Waals surface area contributed by atoms with Gasteiger partial charge in [0.25, 0.3) is 0 Å². The fourth-order valence-electron chi connectivity index (χ4n) is 2.78. The summed E-state index contributed by atoms with van der Waals surface area (Å²) in [4.78, 5) is 14.6. The number of carbonyl (C=O) groups is 1. The molecule has 0 aromatic heterocycles. The summed E-state index contributed by atoms with van der Waals surface area (Å²) in [6.45, 7) is 6.95. The molecule has 0 fully saturated rings. The topological polar surface area (TPSA) is 29.5 Å². The number of rotatable bonds is 9. The zero-order chi connectivity index (χ0) is 16.5. The molecule has 2 unspecified atom stereocenters. The van der Waals surface area contributed by atoms with E-state index in [1.807, 2.05) is 24.3 Å². The molecule has 0 amide bonds. The molecule has 1 aromatic carbocycles. The van der Waals surface area contributed by atoms with E-state index in [4.69, 9.17) is 4.74 Å². The highest BCUT2D eigenvalue weighted by atomic mass is 16.5. The van der Waals surface area contributed by atoms with Crippen LogP contribution in [0.2, 0.25) is 0 Å². The second kappa shape index (κ2) is 9.62. The third-order valence-corrected chi connectivity index (χ3v) is 4.45. The summed E-state index contributed by atoms with van der Waals surface area (Å²) in [5, 5.41) is 0. The molecule has 0 spiro atoms. The van der Waals surface area contributed by atoms with Gasteiger partial charge < -0.3 is 9.64 Å². The number of carbonyl (C=O) groups excluding carboxylic acids is 1. The lowest BCUT2D eigenvalue weighted by atomic mass is 9.96. The van der Waals surface area contributed by atoms with E-state index in [2.05, 4.69) is 39.8 Å². The van der Waals surface area contributed by atoms with Gasteiger partial charge in [0.2, 0.25) is 0 Å². The minimum absolute atomic E-state index is 0.186. The van der Waals surface area contributed by atoms with Crippen LogP contribution in [0.15, 0.2) is 24.3 Å². The van der Waals surface area contributed by atoms with E-state index >= 15 is 0 Å². The fraction of sp³-hybridized carbons (Fsp3) is 0.632. The van der Waals surface area contributed by atoms with Crippen LogP contribution in [0.4, 0.5) is 0 Å². The lowest BCUT2D eigenvalue weighted by Gasteiger charge is -2.27. The highest BCUT2D eigenvalue weighted by Crippen LogP contribution is 2.18. The fourth-order valence-corrected chi connectivity index (χ4v) is 2.78. The predicted octanol–water partition coefficient (Wildman–Crippen LogP) is 4.16. The minimum Gasteiger partial charge on any atom is -0.462 e. The molecule has 0 aliphatic rings. The molecular weight excluding hydrogens is 274 g/mol. The van der Waals surface area contributed by atoms with Crippen molar-refractivity contribution >= 4 is 5.97 Å². The summed E-state index contributed by atoms with van der Waals surface area (Å²) in [6.07, 6.45) is 4.08. The van der Waals surface area contributed by atoms with Crippen molar-refractivity contribution < 1.29 is 9.53 Å². The van der Waals surface area contributed by atoms with Crippen molar-refractivity contribution in [3.8, 4) is 0 Å². The van der Waals surface area contributed by atoms with Crippen LogP contribution >= 0.6 is 0 Å². The van der Waals surface area contributed by atoms with E-state index in [0.717, 1.165) is 31.2 Å². The molecule has 0 saturated heterocycles. The van der Waals surface area contributed by atoms with Crippen molar-refractivity contribution in [3.63, 3.8) is 0 Å². The van der Waals surface area contributed by atoms with Crippen molar-refractivity contribution in [2.24, 2.45) is 5.92 Å². The van der Waals surface area contributed by atoms with E-state index in [1.54, 1.807) is 0 Å². The second-order valence-corrected chi connectivity index (χ2v) is 6.14. The smallest absolute Gasteiger partial charge is 0.338 e. The van der Waals surface area contributed by atoms with E-state index in [0.29, 0.717) is 24.1 Å². The van der Waals surface area contributed by atoms with Gasteiger partial charge in [-0.05, 0) is 50.9 Å². The SMILES string of the molecule is CCc1ccccc1C(=O)OCC(CC)CC(CC)N(C)C. The molecule has 0 heterocycles. The largest absolute Gasteiger partial charge is 0.462 e. The van der Waals surface area contributed by atoms with Gasteiger partial charge in [-0.1, -0.05) is 45.4 Å².